The van der Waals surface area contributed by atoms with E-state index < -0.39 is 5.82 Å². The van der Waals surface area contributed by atoms with Crippen molar-refractivity contribution in [2.24, 2.45) is 0 Å². The van der Waals surface area contributed by atoms with Crippen LogP contribution in [0.3, 0.4) is 0 Å². The Bertz CT molecular complexity index is 1320. The smallest absolute Gasteiger partial charge is 0.320 e. The van der Waals surface area contributed by atoms with Gasteiger partial charge in [0.15, 0.2) is 17.4 Å². The van der Waals surface area contributed by atoms with Crippen molar-refractivity contribution >= 4 is 17.4 Å². The lowest BCUT2D eigenvalue weighted by Crippen LogP contribution is -2.45. The van der Waals surface area contributed by atoms with Crippen LogP contribution in [0.5, 0.6) is 5.75 Å². The number of hydrogen-bond acceptors (Lipinski definition) is 6. The van der Waals surface area contributed by atoms with Gasteiger partial charge in [-0.3, -0.25) is 5.41 Å². The maximum Gasteiger partial charge on any atom is 0.320 e. The zero-order valence-electron chi connectivity index (χ0n) is 20.0. The third-order valence-corrected chi connectivity index (χ3v) is 6.98. The number of nitrogen functional groups attached to an aromatic ring is 1. The van der Waals surface area contributed by atoms with Crippen molar-refractivity contribution in [2.45, 2.75) is 45.4 Å². The molecule has 0 bridgehead atoms. The molecule has 0 unspecified atom stereocenters. The Kier molecular flexibility index (Phi) is 6.13. The molecule has 36 heavy (non-hydrogen) atoms. The molecule has 6 N–H and O–H groups in total. The number of nitrogens with zero attached hydrogens (tertiary/aromatic N) is 3. The van der Waals surface area contributed by atoms with Crippen LogP contribution >= 0.6 is 0 Å². The molecule has 1 saturated heterocycles. The molecule has 2 amide bonds. The summed E-state index contributed by atoms with van der Waals surface area (Å²) in [5, 5.41) is 28.0. The summed E-state index contributed by atoms with van der Waals surface area (Å²) in [6.07, 6.45) is 1.45. The molecule has 1 aromatic heterocycles. The first-order chi connectivity index (χ1) is 17.2. The van der Waals surface area contributed by atoms with Crippen molar-refractivity contribution in [3.8, 4) is 16.9 Å². The van der Waals surface area contributed by atoms with Gasteiger partial charge in [-0.25, -0.2) is 14.2 Å². The van der Waals surface area contributed by atoms with Crippen LogP contribution < -0.4 is 5.73 Å². The number of halogens is 1. The number of aromatic nitrogens is 2. The summed E-state index contributed by atoms with van der Waals surface area (Å²) in [6.45, 7) is 3.75. The molecular formula is C26H29FN6O3. The van der Waals surface area contributed by atoms with Gasteiger partial charge in [0.05, 0.1) is 30.6 Å². The topological polar surface area (TPSA) is 143 Å². The molecule has 0 radical (unpaired) electrons. The van der Waals surface area contributed by atoms with E-state index in [1.807, 2.05) is 6.92 Å². The molecule has 0 aliphatic carbocycles. The number of nitrogens with one attached hydrogen (secondary N) is 2. The molecule has 10 heteroatoms. The number of urea groups is 1. The highest BCUT2D eigenvalue weighted by Crippen LogP contribution is 2.32. The van der Waals surface area contributed by atoms with Crippen molar-refractivity contribution in [3.05, 3.63) is 64.5 Å². The second kappa shape index (κ2) is 9.27. The number of aryl methyl sites for hydroxylation is 1. The van der Waals surface area contributed by atoms with Crippen molar-refractivity contribution < 1.29 is 19.4 Å². The number of imidazole rings is 1. The van der Waals surface area contributed by atoms with E-state index in [2.05, 4.69) is 9.97 Å². The lowest BCUT2D eigenvalue weighted by molar-refractivity contribution is 0.0807. The number of likely N-dealkylation sites (tertiary alicyclic amines) is 1. The van der Waals surface area contributed by atoms with E-state index in [0.717, 1.165) is 17.0 Å². The van der Waals surface area contributed by atoms with E-state index in [0.29, 0.717) is 73.6 Å². The number of aliphatic hydroxyl groups excluding tert-OH is 1. The molecule has 188 valence electrons. The number of carbonyl (C=O) groups excluding carboxylic acids is 1. The molecule has 1 fully saturated rings. The first kappa shape index (κ1) is 23.8. The average Bonchev–Trinajstić information content (AvgIpc) is 3.45. The molecule has 0 saturated carbocycles. The normalized spacial score (nSPS) is 15.9. The Morgan fingerprint density at radius 2 is 1.97 bits per heavy atom. The van der Waals surface area contributed by atoms with Crippen molar-refractivity contribution in [2.75, 3.05) is 18.8 Å². The number of aromatic amines is 1. The van der Waals surface area contributed by atoms with Crippen LogP contribution in [-0.2, 0) is 19.5 Å². The molecule has 2 aliphatic heterocycles. The summed E-state index contributed by atoms with van der Waals surface area (Å²) in [7, 11) is 0. The third-order valence-electron chi connectivity index (χ3n) is 6.98. The van der Waals surface area contributed by atoms with Crippen LogP contribution in [0.25, 0.3) is 11.1 Å². The number of piperidine rings is 1. The van der Waals surface area contributed by atoms with Gasteiger partial charge < -0.3 is 30.7 Å². The van der Waals surface area contributed by atoms with Crippen LogP contribution in [0, 0.1) is 11.2 Å². The van der Waals surface area contributed by atoms with Crippen LogP contribution in [0.1, 0.15) is 48.1 Å². The number of phenols is 1. The second-order valence-electron chi connectivity index (χ2n) is 9.36. The molecular weight excluding hydrogens is 463 g/mol. The zero-order chi connectivity index (χ0) is 25.6. The van der Waals surface area contributed by atoms with Crippen LogP contribution in [-0.4, -0.2) is 60.9 Å². The standard InChI is InChI=1S/C26H29FN6O3/c1-2-14-10-23(35)19(27)11-18(14)15-3-4-17(20(28)9-15)24(29)25-30-21-12-33(13-22(21)31-25)26(36)32-7-5-16(34)6-8-32/h3-4,9-11,16,29,34-35H,2,5-8,12-13,28H2,1H3,(H,30,31). The largest absolute Gasteiger partial charge is 0.505 e. The molecule has 5 rings (SSSR count). The Hall–Kier alpha value is -3.92. The van der Waals surface area contributed by atoms with Crippen LogP contribution in [0.15, 0.2) is 30.3 Å². The molecule has 3 aromatic rings. The maximum absolute atomic E-state index is 14.0. The Labute approximate surface area is 207 Å². The van der Waals surface area contributed by atoms with Crippen LogP contribution in [0.2, 0.25) is 0 Å². The molecule has 9 nitrogen and oxygen atoms in total. The Morgan fingerprint density at radius 1 is 1.22 bits per heavy atom. The highest BCUT2D eigenvalue weighted by Gasteiger charge is 2.32. The van der Waals surface area contributed by atoms with Gasteiger partial charge in [0, 0.05) is 24.3 Å². The third kappa shape index (κ3) is 4.28. The van der Waals surface area contributed by atoms with Crippen molar-refractivity contribution in [1.82, 2.24) is 19.8 Å². The molecule has 0 spiro atoms. The van der Waals surface area contributed by atoms with E-state index in [1.54, 1.807) is 28.0 Å². The molecule has 2 aliphatic rings. The number of anilines is 1. The number of phenolic OH excluding ortho intramolecular Hbond substituents is 1. The first-order valence-corrected chi connectivity index (χ1v) is 12.0. The number of aromatic hydroxyl groups is 1. The number of aliphatic hydroxyl groups is 1. The zero-order valence-corrected chi connectivity index (χ0v) is 20.0. The average molecular weight is 493 g/mol. The van der Waals surface area contributed by atoms with Crippen molar-refractivity contribution in [3.63, 3.8) is 0 Å². The van der Waals surface area contributed by atoms with Crippen molar-refractivity contribution in [1.29, 1.82) is 5.41 Å². The quantitative estimate of drug-likeness (QED) is 0.280. The summed E-state index contributed by atoms with van der Waals surface area (Å²) in [4.78, 5) is 24.0. The van der Waals surface area contributed by atoms with Gasteiger partial charge >= 0.3 is 6.03 Å². The number of H-pyrrole nitrogens is 1. The summed E-state index contributed by atoms with van der Waals surface area (Å²) in [6, 6.07) is 7.83. The van der Waals surface area contributed by atoms with Gasteiger partial charge in [-0.2, -0.15) is 0 Å². The van der Waals surface area contributed by atoms with Crippen LogP contribution in [0.4, 0.5) is 14.9 Å². The summed E-state index contributed by atoms with van der Waals surface area (Å²) in [5.74, 6) is -0.714. The Balaban J connectivity index is 1.32. The number of hydrogen-bond donors (Lipinski definition) is 5. The number of nitrogens with two attached hydrogens (primary N) is 1. The minimum atomic E-state index is -0.701. The molecule has 2 aromatic carbocycles. The lowest BCUT2D eigenvalue weighted by atomic mass is 9.95. The van der Waals surface area contributed by atoms with E-state index in [1.165, 1.54) is 12.1 Å². The number of rotatable bonds is 4. The highest BCUT2D eigenvalue weighted by molar-refractivity contribution is 6.12. The van der Waals surface area contributed by atoms with Gasteiger partial charge in [-0.15, -0.1) is 0 Å². The summed E-state index contributed by atoms with van der Waals surface area (Å²) >= 11 is 0. The van der Waals surface area contributed by atoms with Gasteiger partial charge in [-0.05, 0) is 54.2 Å². The van der Waals surface area contributed by atoms with E-state index in [4.69, 9.17) is 11.1 Å². The Morgan fingerprint density at radius 3 is 2.64 bits per heavy atom. The van der Waals surface area contributed by atoms with E-state index in [-0.39, 0.29) is 23.6 Å². The SMILES string of the molecule is CCc1cc(O)c(F)cc1-c1ccc(C(=N)c2nc3c([nH]2)CN(C(=O)N2CCC(O)CC2)C3)c(N)c1. The second-order valence-corrected chi connectivity index (χ2v) is 9.36. The van der Waals surface area contributed by atoms with E-state index >= 15 is 0 Å². The number of amides is 2. The number of carbonyl (C=O) groups is 1. The minimum Gasteiger partial charge on any atom is -0.505 e. The minimum absolute atomic E-state index is 0.0677. The monoisotopic (exact) mass is 492 g/mol. The van der Waals surface area contributed by atoms with E-state index in [9.17, 15) is 19.4 Å². The predicted octanol–water partition coefficient (Wildman–Crippen LogP) is 3.37. The van der Waals surface area contributed by atoms with Gasteiger partial charge in [0.25, 0.3) is 0 Å². The fourth-order valence-corrected chi connectivity index (χ4v) is 4.90. The van der Waals surface area contributed by atoms with Gasteiger partial charge in [0.2, 0.25) is 0 Å². The predicted molar refractivity (Wildman–Crippen MR) is 133 cm³/mol. The van der Waals surface area contributed by atoms with Gasteiger partial charge in [-0.1, -0.05) is 19.1 Å². The summed E-state index contributed by atoms with van der Waals surface area (Å²) in [5.41, 5.74) is 10.9. The first-order valence-electron chi connectivity index (χ1n) is 12.0. The molecule has 0 atom stereocenters. The highest BCUT2D eigenvalue weighted by atomic mass is 19.1. The fraction of sp³-hybridized carbons (Fsp3) is 0.346. The number of benzene rings is 2. The van der Waals surface area contributed by atoms with Gasteiger partial charge in [0.1, 0.15) is 5.71 Å². The maximum atomic E-state index is 14.0. The fourth-order valence-electron chi connectivity index (χ4n) is 4.90. The summed E-state index contributed by atoms with van der Waals surface area (Å²) < 4.78 is 14.0. The number of fused-ring (bicyclic) bond motifs is 1. The molecule has 3 heterocycles. The lowest BCUT2D eigenvalue weighted by Gasteiger charge is -2.32.